The topological polar surface area (TPSA) is 68.0 Å². The second-order valence-corrected chi connectivity index (χ2v) is 4.70. The zero-order valence-electron chi connectivity index (χ0n) is 9.65. The molecule has 0 saturated carbocycles. The van der Waals surface area contributed by atoms with Crippen molar-refractivity contribution in [3.8, 4) is 0 Å². The lowest BCUT2D eigenvalue weighted by Gasteiger charge is -2.06. The smallest absolute Gasteiger partial charge is 0.259 e. The average Bonchev–Trinajstić information content (AvgIpc) is 2.67. The third-order valence-electron chi connectivity index (χ3n) is 2.29. The molecule has 0 aliphatic carbocycles. The Morgan fingerprint density at radius 1 is 1.41 bits per heavy atom. The van der Waals surface area contributed by atoms with Crippen LogP contribution >= 0.6 is 11.3 Å². The molecule has 3 N–H and O–H groups in total. The lowest BCUT2D eigenvalue weighted by molar-refractivity contribution is 0.102. The second kappa shape index (κ2) is 4.55. The van der Waals surface area contributed by atoms with Crippen LogP contribution in [-0.4, -0.2) is 10.9 Å². The molecule has 1 aromatic heterocycles. The van der Waals surface area contributed by atoms with Gasteiger partial charge < -0.3 is 5.73 Å². The van der Waals surface area contributed by atoms with Gasteiger partial charge in [0.2, 0.25) is 0 Å². The molecule has 5 heteroatoms. The quantitative estimate of drug-likeness (QED) is 0.801. The molecule has 0 atom stereocenters. The molecule has 1 amide bonds. The number of hydrogen-bond acceptors (Lipinski definition) is 4. The van der Waals surface area contributed by atoms with Gasteiger partial charge in [-0.25, -0.2) is 4.98 Å². The normalized spacial score (nSPS) is 10.2. The second-order valence-electron chi connectivity index (χ2n) is 3.84. The Kier molecular flexibility index (Phi) is 3.10. The first-order chi connectivity index (χ1) is 8.06. The van der Waals surface area contributed by atoms with Crippen LogP contribution in [0.1, 0.15) is 21.6 Å². The Bertz CT molecular complexity index is 563. The number of amides is 1. The zero-order chi connectivity index (χ0) is 12.4. The van der Waals surface area contributed by atoms with E-state index in [1.54, 1.807) is 12.1 Å². The first-order valence-electron chi connectivity index (χ1n) is 5.16. The van der Waals surface area contributed by atoms with E-state index < -0.39 is 0 Å². The number of rotatable bonds is 2. The number of thiazole rings is 1. The SMILES string of the molecule is Cc1ccc(N)c(C(=O)Nc2nc(C)cs2)c1. The van der Waals surface area contributed by atoms with Crippen LogP contribution in [0.5, 0.6) is 0 Å². The molecule has 0 radical (unpaired) electrons. The van der Waals surface area contributed by atoms with Gasteiger partial charge in [0.1, 0.15) is 0 Å². The van der Waals surface area contributed by atoms with Crippen LogP contribution < -0.4 is 11.1 Å². The van der Waals surface area contributed by atoms with E-state index >= 15 is 0 Å². The molecule has 17 heavy (non-hydrogen) atoms. The fourth-order valence-electron chi connectivity index (χ4n) is 1.44. The van der Waals surface area contributed by atoms with Crippen LogP contribution in [0.3, 0.4) is 0 Å². The molecule has 1 aromatic carbocycles. The molecule has 0 spiro atoms. The van der Waals surface area contributed by atoms with Gasteiger partial charge in [-0.15, -0.1) is 11.3 Å². The van der Waals surface area contributed by atoms with Gasteiger partial charge in [-0.05, 0) is 26.0 Å². The summed E-state index contributed by atoms with van der Waals surface area (Å²) in [5, 5.41) is 5.21. The highest BCUT2D eigenvalue weighted by atomic mass is 32.1. The number of benzene rings is 1. The maximum absolute atomic E-state index is 12.0. The van der Waals surface area contributed by atoms with Crippen molar-refractivity contribution in [3.05, 3.63) is 40.4 Å². The van der Waals surface area contributed by atoms with Crippen molar-refractivity contribution in [2.24, 2.45) is 0 Å². The summed E-state index contributed by atoms with van der Waals surface area (Å²) in [7, 11) is 0. The Hall–Kier alpha value is -1.88. The van der Waals surface area contributed by atoms with Crippen LogP contribution in [0.4, 0.5) is 10.8 Å². The molecule has 0 bridgehead atoms. The summed E-state index contributed by atoms with van der Waals surface area (Å²) in [6.07, 6.45) is 0. The van der Waals surface area contributed by atoms with E-state index in [0.717, 1.165) is 11.3 Å². The monoisotopic (exact) mass is 247 g/mol. The third kappa shape index (κ3) is 2.62. The van der Waals surface area contributed by atoms with E-state index in [2.05, 4.69) is 10.3 Å². The first-order valence-corrected chi connectivity index (χ1v) is 6.04. The number of carbonyl (C=O) groups excluding carboxylic acids is 1. The predicted molar refractivity (Wildman–Crippen MR) is 70.4 cm³/mol. The van der Waals surface area contributed by atoms with E-state index in [9.17, 15) is 4.79 Å². The van der Waals surface area contributed by atoms with Crippen LogP contribution in [0.2, 0.25) is 0 Å². The van der Waals surface area contributed by atoms with Crippen molar-refractivity contribution in [1.82, 2.24) is 4.98 Å². The minimum Gasteiger partial charge on any atom is -0.398 e. The molecule has 0 unspecified atom stereocenters. The van der Waals surface area contributed by atoms with Gasteiger partial charge in [0.05, 0.1) is 11.3 Å². The number of anilines is 2. The van der Waals surface area contributed by atoms with Gasteiger partial charge in [-0.1, -0.05) is 11.6 Å². The fraction of sp³-hybridized carbons (Fsp3) is 0.167. The molecule has 88 valence electrons. The number of nitrogens with one attached hydrogen (secondary N) is 1. The highest BCUT2D eigenvalue weighted by Gasteiger charge is 2.11. The van der Waals surface area contributed by atoms with Gasteiger partial charge in [-0.3, -0.25) is 10.1 Å². The van der Waals surface area contributed by atoms with Crippen molar-refractivity contribution in [1.29, 1.82) is 0 Å². The summed E-state index contributed by atoms with van der Waals surface area (Å²) >= 11 is 1.40. The Morgan fingerprint density at radius 3 is 2.82 bits per heavy atom. The molecule has 0 fully saturated rings. The molecule has 2 rings (SSSR count). The summed E-state index contributed by atoms with van der Waals surface area (Å²) in [6.45, 7) is 3.80. The van der Waals surface area contributed by atoms with Gasteiger partial charge in [0.25, 0.3) is 5.91 Å². The van der Waals surface area contributed by atoms with E-state index in [4.69, 9.17) is 5.73 Å². The average molecular weight is 247 g/mol. The summed E-state index contributed by atoms with van der Waals surface area (Å²) < 4.78 is 0. The predicted octanol–water partition coefficient (Wildman–Crippen LogP) is 2.59. The summed E-state index contributed by atoms with van der Waals surface area (Å²) in [5.74, 6) is -0.222. The highest BCUT2D eigenvalue weighted by molar-refractivity contribution is 7.13. The minimum absolute atomic E-state index is 0.222. The zero-order valence-corrected chi connectivity index (χ0v) is 10.5. The maximum Gasteiger partial charge on any atom is 0.259 e. The minimum atomic E-state index is -0.222. The van der Waals surface area contributed by atoms with Crippen LogP contribution in [0.25, 0.3) is 0 Å². The van der Waals surface area contributed by atoms with E-state index in [0.29, 0.717) is 16.4 Å². The molecule has 2 aromatic rings. The highest BCUT2D eigenvalue weighted by Crippen LogP contribution is 2.18. The number of carbonyl (C=O) groups is 1. The molecule has 0 saturated heterocycles. The number of nitrogens with two attached hydrogens (primary N) is 1. The summed E-state index contributed by atoms with van der Waals surface area (Å²) in [4.78, 5) is 16.1. The Balaban J connectivity index is 2.22. The third-order valence-corrected chi connectivity index (χ3v) is 3.17. The Morgan fingerprint density at radius 2 is 2.18 bits per heavy atom. The van der Waals surface area contributed by atoms with Crippen molar-refractivity contribution >= 4 is 28.1 Å². The molecule has 0 aliphatic heterocycles. The number of aromatic nitrogens is 1. The lowest BCUT2D eigenvalue weighted by Crippen LogP contribution is -2.14. The van der Waals surface area contributed by atoms with Gasteiger partial charge in [0, 0.05) is 11.1 Å². The van der Waals surface area contributed by atoms with Crippen molar-refractivity contribution in [2.45, 2.75) is 13.8 Å². The maximum atomic E-state index is 12.0. The largest absolute Gasteiger partial charge is 0.398 e. The van der Waals surface area contributed by atoms with Crippen LogP contribution in [-0.2, 0) is 0 Å². The van der Waals surface area contributed by atoms with Crippen molar-refractivity contribution in [3.63, 3.8) is 0 Å². The summed E-state index contributed by atoms with van der Waals surface area (Å²) in [6, 6.07) is 5.38. The molecule has 1 heterocycles. The van der Waals surface area contributed by atoms with E-state index in [1.165, 1.54) is 11.3 Å². The van der Waals surface area contributed by atoms with Gasteiger partial charge >= 0.3 is 0 Å². The van der Waals surface area contributed by atoms with Crippen LogP contribution in [0, 0.1) is 13.8 Å². The van der Waals surface area contributed by atoms with E-state index in [1.807, 2.05) is 25.3 Å². The number of hydrogen-bond donors (Lipinski definition) is 2. The fourth-order valence-corrected chi connectivity index (χ4v) is 2.13. The van der Waals surface area contributed by atoms with Crippen molar-refractivity contribution in [2.75, 3.05) is 11.1 Å². The number of nitrogen functional groups attached to an aromatic ring is 1. The summed E-state index contributed by atoms with van der Waals surface area (Å²) in [5.41, 5.74) is 8.62. The van der Waals surface area contributed by atoms with Crippen LogP contribution in [0.15, 0.2) is 23.6 Å². The molecular weight excluding hydrogens is 234 g/mol. The Labute approximate surface area is 103 Å². The standard InChI is InChI=1S/C12H13N3OS/c1-7-3-4-10(13)9(5-7)11(16)15-12-14-8(2)6-17-12/h3-6H,13H2,1-2H3,(H,14,15,16). The van der Waals surface area contributed by atoms with E-state index in [-0.39, 0.29) is 5.91 Å². The molecule has 4 nitrogen and oxygen atoms in total. The first kappa shape index (κ1) is 11.6. The van der Waals surface area contributed by atoms with Gasteiger partial charge in [-0.2, -0.15) is 0 Å². The van der Waals surface area contributed by atoms with Gasteiger partial charge in [0.15, 0.2) is 5.13 Å². The number of nitrogens with zero attached hydrogens (tertiary/aromatic N) is 1. The molecule has 0 aliphatic rings. The lowest BCUT2D eigenvalue weighted by atomic mass is 10.1. The van der Waals surface area contributed by atoms with Crippen molar-refractivity contribution < 1.29 is 4.79 Å². The molecular formula is C12H13N3OS. The number of aryl methyl sites for hydroxylation is 2.